The zero-order valence-electron chi connectivity index (χ0n) is 12.1. The molecule has 0 radical (unpaired) electrons. The molecule has 0 spiro atoms. The molecule has 1 aliphatic heterocycles. The predicted molar refractivity (Wildman–Crippen MR) is 70.5 cm³/mol. The van der Waals surface area contributed by atoms with Gasteiger partial charge in [0.25, 0.3) is 0 Å². The van der Waals surface area contributed by atoms with E-state index in [0.29, 0.717) is 6.54 Å². The normalized spacial score (nSPS) is 24.3. The van der Waals surface area contributed by atoms with Crippen molar-refractivity contribution in [1.82, 2.24) is 19.9 Å². The monoisotopic (exact) mass is 266 g/mol. The molecular formula is C13H22N4O2. The van der Waals surface area contributed by atoms with E-state index in [1.807, 2.05) is 27.7 Å². The van der Waals surface area contributed by atoms with E-state index in [0.717, 1.165) is 19.3 Å². The number of rotatable bonds is 1. The number of hydrogen-bond donors (Lipinski definition) is 0. The number of nitrogens with zero attached hydrogens (tertiary/aromatic N) is 4. The Labute approximate surface area is 113 Å². The van der Waals surface area contributed by atoms with Gasteiger partial charge in [0, 0.05) is 12.7 Å². The lowest BCUT2D eigenvalue weighted by molar-refractivity contribution is -0.0426. The second-order valence-corrected chi connectivity index (χ2v) is 6.15. The highest BCUT2D eigenvalue weighted by Crippen LogP contribution is 2.32. The molecule has 0 bridgehead atoms. The molecule has 0 aromatic carbocycles. The van der Waals surface area contributed by atoms with E-state index in [4.69, 9.17) is 4.74 Å². The Kier molecular flexibility index (Phi) is 3.52. The molecule has 1 aromatic rings. The molecule has 1 aromatic heterocycles. The largest absolute Gasteiger partial charge is 0.444 e. The standard InChI is InChI=1S/C13H22N4O2/c1-12(2,3)19-11(18)16-9-6-5-7-13(16,4)17-10-8-14-15-17/h8,10H,5-7,9H2,1-4H3. The van der Waals surface area contributed by atoms with Crippen molar-refractivity contribution in [3.05, 3.63) is 12.4 Å². The third kappa shape index (κ3) is 2.88. The lowest BCUT2D eigenvalue weighted by Crippen LogP contribution is -2.55. The fraction of sp³-hybridized carbons (Fsp3) is 0.769. The van der Waals surface area contributed by atoms with Crippen LogP contribution in [0.25, 0.3) is 0 Å². The van der Waals surface area contributed by atoms with Crippen molar-refractivity contribution in [3.8, 4) is 0 Å². The zero-order valence-corrected chi connectivity index (χ0v) is 12.1. The maximum absolute atomic E-state index is 12.4. The van der Waals surface area contributed by atoms with Crippen molar-refractivity contribution < 1.29 is 9.53 Å². The van der Waals surface area contributed by atoms with E-state index in [9.17, 15) is 4.79 Å². The van der Waals surface area contributed by atoms with Gasteiger partial charge in [-0.3, -0.25) is 4.90 Å². The van der Waals surface area contributed by atoms with Gasteiger partial charge in [0.2, 0.25) is 0 Å². The van der Waals surface area contributed by atoms with Crippen molar-refractivity contribution in [2.75, 3.05) is 6.54 Å². The summed E-state index contributed by atoms with van der Waals surface area (Å²) in [6.07, 6.45) is 6.05. The molecule has 1 saturated heterocycles. The molecule has 6 heteroatoms. The lowest BCUT2D eigenvalue weighted by atomic mass is 9.97. The number of hydrogen-bond acceptors (Lipinski definition) is 4. The quantitative estimate of drug-likeness (QED) is 0.783. The van der Waals surface area contributed by atoms with Crippen LogP contribution in [-0.2, 0) is 10.4 Å². The third-order valence-corrected chi connectivity index (χ3v) is 3.39. The Morgan fingerprint density at radius 1 is 1.37 bits per heavy atom. The molecule has 0 aliphatic carbocycles. The van der Waals surface area contributed by atoms with E-state index in [1.54, 1.807) is 22.0 Å². The van der Waals surface area contributed by atoms with Crippen molar-refractivity contribution in [2.24, 2.45) is 0 Å². The molecule has 1 unspecified atom stereocenters. The Hall–Kier alpha value is -1.59. The van der Waals surface area contributed by atoms with Gasteiger partial charge in [-0.05, 0) is 47.0 Å². The molecule has 19 heavy (non-hydrogen) atoms. The average molecular weight is 266 g/mol. The summed E-state index contributed by atoms with van der Waals surface area (Å²) in [5, 5.41) is 7.90. The predicted octanol–water partition coefficient (Wildman–Crippen LogP) is 2.37. The first-order valence-electron chi connectivity index (χ1n) is 6.70. The zero-order chi connectivity index (χ0) is 14.1. The highest BCUT2D eigenvalue weighted by molar-refractivity contribution is 5.69. The van der Waals surface area contributed by atoms with Crippen LogP contribution in [0.15, 0.2) is 12.4 Å². The Bertz CT molecular complexity index is 438. The van der Waals surface area contributed by atoms with Gasteiger partial charge in [0.15, 0.2) is 0 Å². The van der Waals surface area contributed by atoms with Crippen LogP contribution in [0.1, 0.15) is 47.0 Å². The van der Waals surface area contributed by atoms with Crippen LogP contribution >= 0.6 is 0 Å². The van der Waals surface area contributed by atoms with Crippen LogP contribution < -0.4 is 0 Å². The summed E-state index contributed by atoms with van der Waals surface area (Å²) >= 11 is 0. The Balaban J connectivity index is 2.23. The van der Waals surface area contributed by atoms with Crippen molar-refractivity contribution in [3.63, 3.8) is 0 Å². The van der Waals surface area contributed by atoms with E-state index in [1.165, 1.54) is 0 Å². The fourth-order valence-corrected chi connectivity index (χ4v) is 2.41. The van der Waals surface area contributed by atoms with Crippen LogP contribution in [0.4, 0.5) is 4.79 Å². The number of ether oxygens (including phenoxy) is 1. The minimum Gasteiger partial charge on any atom is -0.444 e. The summed E-state index contributed by atoms with van der Waals surface area (Å²) in [6, 6.07) is 0. The molecule has 0 saturated carbocycles. The molecular weight excluding hydrogens is 244 g/mol. The van der Waals surface area contributed by atoms with Crippen molar-refractivity contribution in [2.45, 2.75) is 58.2 Å². The third-order valence-electron chi connectivity index (χ3n) is 3.39. The van der Waals surface area contributed by atoms with Gasteiger partial charge in [-0.15, -0.1) is 5.10 Å². The molecule has 2 rings (SSSR count). The maximum Gasteiger partial charge on any atom is 0.412 e. The minimum atomic E-state index is -0.489. The first-order chi connectivity index (χ1) is 8.83. The first kappa shape index (κ1) is 13.8. The van der Waals surface area contributed by atoms with Gasteiger partial charge in [-0.1, -0.05) is 5.21 Å². The number of carbonyl (C=O) groups excluding carboxylic acids is 1. The lowest BCUT2D eigenvalue weighted by Gasteiger charge is -2.44. The molecule has 106 valence electrons. The fourth-order valence-electron chi connectivity index (χ4n) is 2.41. The summed E-state index contributed by atoms with van der Waals surface area (Å²) in [6.45, 7) is 8.32. The highest BCUT2D eigenvalue weighted by atomic mass is 16.6. The van der Waals surface area contributed by atoms with Gasteiger partial charge < -0.3 is 4.74 Å². The number of aromatic nitrogens is 3. The number of piperidine rings is 1. The topological polar surface area (TPSA) is 60.2 Å². The van der Waals surface area contributed by atoms with E-state index in [-0.39, 0.29) is 6.09 Å². The Morgan fingerprint density at radius 3 is 2.68 bits per heavy atom. The van der Waals surface area contributed by atoms with Gasteiger partial charge in [-0.25, -0.2) is 9.48 Å². The van der Waals surface area contributed by atoms with Crippen LogP contribution in [-0.4, -0.2) is 38.1 Å². The summed E-state index contributed by atoms with van der Waals surface area (Å²) in [5.74, 6) is 0. The average Bonchev–Trinajstić information content (AvgIpc) is 2.80. The van der Waals surface area contributed by atoms with Gasteiger partial charge in [0.1, 0.15) is 11.3 Å². The van der Waals surface area contributed by atoms with Gasteiger partial charge in [-0.2, -0.15) is 0 Å². The second-order valence-electron chi connectivity index (χ2n) is 6.15. The summed E-state index contributed by atoms with van der Waals surface area (Å²) in [5.41, 5.74) is -0.977. The van der Waals surface area contributed by atoms with Crippen molar-refractivity contribution in [1.29, 1.82) is 0 Å². The van der Waals surface area contributed by atoms with E-state index in [2.05, 4.69) is 10.3 Å². The second kappa shape index (κ2) is 4.83. The summed E-state index contributed by atoms with van der Waals surface area (Å²) in [4.78, 5) is 14.1. The van der Waals surface area contributed by atoms with Crippen LogP contribution in [0.3, 0.4) is 0 Å². The maximum atomic E-state index is 12.4. The number of likely N-dealkylation sites (tertiary alicyclic amines) is 1. The smallest absolute Gasteiger partial charge is 0.412 e. The highest BCUT2D eigenvalue weighted by Gasteiger charge is 2.41. The van der Waals surface area contributed by atoms with E-state index >= 15 is 0 Å². The van der Waals surface area contributed by atoms with Gasteiger partial charge in [0.05, 0.1) is 6.20 Å². The van der Waals surface area contributed by atoms with Crippen LogP contribution in [0.5, 0.6) is 0 Å². The minimum absolute atomic E-state index is 0.287. The molecule has 1 fully saturated rings. The number of amides is 1. The van der Waals surface area contributed by atoms with E-state index < -0.39 is 11.3 Å². The molecule has 1 amide bonds. The number of carbonyl (C=O) groups is 1. The molecule has 6 nitrogen and oxygen atoms in total. The van der Waals surface area contributed by atoms with Crippen LogP contribution in [0, 0.1) is 0 Å². The molecule has 2 heterocycles. The molecule has 1 aliphatic rings. The molecule has 1 atom stereocenters. The first-order valence-corrected chi connectivity index (χ1v) is 6.70. The van der Waals surface area contributed by atoms with Gasteiger partial charge >= 0.3 is 6.09 Å². The SMILES string of the molecule is CC(C)(C)OC(=O)N1CCCCC1(C)n1ccnn1. The van der Waals surface area contributed by atoms with Crippen molar-refractivity contribution >= 4 is 6.09 Å². The Morgan fingerprint density at radius 2 is 2.11 bits per heavy atom. The van der Waals surface area contributed by atoms with Crippen LogP contribution in [0.2, 0.25) is 0 Å². The summed E-state index contributed by atoms with van der Waals surface area (Å²) in [7, 11) is 0. The molecule has 0 N–H and O–H groups in total. The summed E-state index contributed by atoms with van der Waals surface area (Å²) < 4.78 is 7.24.